The zero-order valence-corrected chi connectivity index (χ0v) is 8.89. The van der Waals surface area contributed by atoms with Gasteiger partial charge in [0.25, 0.3) is 0 Å². The Morgan fingerprint density at radius 1 is 1.23 bits per heavy atom. The fourth-order valence-electron chi connectivity index (χ4n) is 1.46. The van der Waals surface area contributed by atoms with Gasteiger partial charge in [0, 0.05) is 0 Å². The van der Waals surface area contributed by atoms with Crippen LogP contribution in [0.25, 0.3) is 0 Å². The molecule has 72 valence electrons. The molecule has 0 radical (unpaired) electrons. The van der Waals surface area contributed by atoms with Gasteiger partial charge in [-0.25, -0.2) is 0 Å². The number of aliphatic hydroxyl groups is 1. The summed E-state index contributed by atoms with van der Waals surface area (Å²) in [6.07, 6.45) is 0. The van der Waals surface area contributed by atoms with Crippen LogP contribution < -0.4 is 0 Å². The van der Waals surface area contributed by atoms with Gasteiger partial charge in [0.05, 0.1) is 6.61 Å². The first kappa shape index (κ1) is 10.3. The van der Waals surface area contributed by atoms with Gasteiger partial charge >= 0.3 is 0 Å². The SMILES string of the molecule is Cc1cc(C(C)C)cc(CO)c1C. The zero-order valence-electron chi connectivity index (χ0n) is 8.89. The van der Waals surface area contributed by atoms with Gasteiger partial charge in [-0.3, -0.25) is 0 Å². The lowest BCUT2D eigenvalue weighted by molar-refractivity contribution is 0.281. The van der Waals surface area contributed by atoms with E-state index in [0.29, 0.717) is 5.92 Å². The Balaban J connectivity index is 3.22. The molecule has 0 aromatic heterocycles. The van der Waals surface area contributed by atoms with E-state index in [2.05, 4.69) is 39.8 Å². The van der Waals surface area contributed by atoms with Crippen LogP contribution in [0.3, 0.4) is 0 Å². The van der Waals surface area contributed by atoms with E-state index in [1.54, 1.807) is 0 Å². The molecule has 0 aliphatic rings. The van der Waals surface area contributed by atoms with Crippen LogP contribution in [0, 0.1) is 13.8 Å². The molecular formula is C12H18O. The summed E-state index contributed by atoms with van der Waals surface area (Å²) in [5, 5.41) is 9.15. The fourth-order valence-corrected chi connectivity index (χ4v) is 1.46. The van der Waals surface area contributed by atoms with Crippen molar-refractivity contribution in [3.05, 3.63) is 34.4 Å². The Bertz CT molecular complexity index is 300. The molecule has 13 heavy (non-hydrogen) atoms. The molecule has 0 saturated heterocycles. The van der Waals surface area contributed by atoms with E-state index in [4.69, 9.17) is 5.11 Å². The van der Waals surface area contributed by atoms with Crippen LogP contribution >= 0.6 is 0 Å². The summed E-state index contributed by atoms with van der Waals surface area (Å²) in [6.45, 7) is 8.65. The maximum atomic E-state index is 9.15. The quantitative estimate of drug-likeness (QED) is 0.738. The van der Waals surface area contributed by atoms with Gasteiger partial charge in [0.2, 0.25) is 0 Å². The first-order valence-corrected chi connectivity index (χ1v) is 4.77. The minimum absolute atomic E-state index is 0.146. The van der Waals surface area contributed by atoms with Crippen molar-refractivity contribution >= 4 is 0 Å². The Hall–Kier alpha value is -0.820. The highest BCUT2D eigenvalue weighted by molar-refractivity contribution is 5.38. The first-order valence-electron chi connectivity index (χ1n) is 4.77. The highest BCUT2D eigenvalue weighted by atomic mass is 16.3. The predicted molar refractivity (Wildman–Crippen MR) is 55.9 cm³/mol. The van der Waals surface area contributed by atoms with Crippen molar-refractivity contribution < 1.29 is 5.11 Å². The summed E-state index contributed by atoms with van der Waals surface area (Å²) in [4.78, 5) is 0. The number of rotatable bonds is 2. The van der Waals surface area contributed by atoms with Crippen molar-refractivity contribution in [2.45, 2.75) is 40.2 Å². The molecule has 0 atom stereocenters. The number of benzene rings is 1. The Morgan fingerprint density at radius 3 is 2.31 bits per heavy atom. The lowest BCUT2D eigenvalue weighted by Crippen LogP contribution is -1.97. The van der Waals surface area contributed by atoms with Crippen LogP contribution in [0.2, 0.25) is 0 Å². The van der Waals surface area contributed by atoms with Gasteiger partial charge in [-0.1, -0.05) is 26.0 Å². The highest BCUT2D eigenvalue weighted by Crippen LogP contribution is 2.21. The monoisotopic (exact) mass is 178 g/mol. The summed E-state index contributed by atoms with van der Waals surface area (Å²) in [5.74, 6) is 0.532. The normalized spacial score (nSPS) is 10.9. The second-order valence-electron chi connectivity index (χ2n) is 3.93. The molecule has 0 fully saturated rings. The number of aliphatic hydroxyl groups excluding tert-OH is 1. The van der Waals surface area contributed by atoms with Crippen molar-refractivity contribution in [3.8, 4) is 0 Å². The molecule has 1 aromatic carbocycles. The lowest BCUT2D eigenvalue weighted by atomic mass is 9.94. The van der Waals surface area contributed by atoms with Crippen LogP contribution in [0.4, 0.5) is 0 Å². The molecule has 1 heteroatoms. The molecule has 1 nitrogen and oxygen atoms in total. The Morgan fingerprint density at radius 2 is 1.85 bits per heavy atom. The van der Waals surface area contributed by atoms with Crippen LogP contribution in [0.15, 0.2) is 12.1 Å². The van der Waals surface area contributed by atoms with E-state index in [1.807, 2.05) is 0 Å². The second-order valence-corrected chi connectivity index (χ2v) is 3.93. The van der Waals surface area contributed by atoms with Crippen LogP contribution in [-0.4, -0.2) is 5.11 Å². The van der Waals surface area contributed by atoms with Crippen LogP contribution in [0.1, 0.15) is 42.0 Å². The third-order valence-electron chi connectivity index (χ3n) is 2.63. The molecule has 1 aromatic rings. The van der Waals surface area contributed by atoms with Crippen LogP contribution in [0.5, 0.6) is 0 Å². The fraction of sp³-hybridized carbons (Fsp3) is 0.500. The van der Waals surface area contributed by atoms with E-state index in [1.165, 1.54) is 16.7 Å². The highest BCUT2D eigenvalue weighted by Gasteiger charge is 2.05. The van der Waals surface area contributed by atoms with Gasteiger partial charge in [-0.2, -0.15) is 0 Å². The number of hydrogen-bond acceptors (Lipinski definition) is 1. The van der Waals surface area contributed by atoms with Crippen molar-refractivity contribution in [1.29, 1.82) is 0 Å². The second kappa shape index (κ2) is 3.93. The van der Waals surface area contributed by atoms with E-state index in [9.17, 15) is 0 Å². The Kier molecular flexibility index (Phi) is 3.10. The Labute approximate surface area is 80.4 Å². The van der Waals surface area contributed by atoms with Crippen molar-refractivity contribution in [1.82, 2.24) is 0 Å². The van der Waals surface area contributed by atoms with Gasteiger partial charge in [-0.05, 0) is 42.0 Å². The first-order chi connectivity index (χ1) is 6.06. The molecule has 1 N–H and O–H groups in total. The minimum atomic E-state index is 0.146. The molecular weight excluding hydrogens is 160 g/mol. The van der Waals surface area contributed by atoms with Gasteiger partial charge in [0.1, 0.15) is 0 Å². The maximum absolute atomic E-state index is 9.15. The van der Waals surface area contributed by atoms with Gasteiger partial charge in [-0.15, -0.1) is 0 Å². The topological polar surface area (TPSA) is 20.2 Å². The molecule has 0 aliphatic heterocycles. The van der Waals surface area contributed by atoms with E-state index >= 15 is 0 Å². The molecule has 0 amide bonds. The van der Waals surface area contributed by atoms with E-state index < -0.39 is 0 Å². The largest absolute Gasteiger partial charge is 0.392 e. The minimum Gasteiger partial charge on any atom is -0.392 e. The average Bonchev–Trinajstić information content (AvgIpc) is 2.09. The standard InChI is InChI=1S/C12H18O/c1-8(2)11-5-9(3)10(4)12(6-11)7-13/h5-6,8,13H,7H2,1-4H3. The molecule has 0 aliphatic carbocycles. The predicted octanol–water partition coefficient (Wildman–Crippen LogP) is 2.92. The molecule has 0 spiro atoms. The third kappa shape index (κ3) is 2.10. The summed E-state index contributed by atoms with van der Waals surface area (Å²) in [6, 6.07) is 4.31. The maximum Gasteiger partial charge on any atom is 0.0684 e. The number of aryl methyl sites for hydroxylation is 1. The molecule has 0 heterocycles. The van der Waals surface area contributed by atoms with E-state index in [0.717, 1.165) is 5.56 Å². The van der Waals surface area contributed by atoms with E-state index in [-0.39, 0.29) is 6.61 Å². The third-order valence-corrected chi connectivity index (χ3v) is 2.63. The van der Waals surface area contributed by atoms with Crippen molar-refractivity contribution in [2.24, 2.45) is 0 Å². The summed E-state index contributed by atoms with van der Waals surface area (Å²) >= 11 is 0. The summed E-state index contributed by atoms with van der Waals surface area (Å²) in [5.41, 5.74) is 4.86. The summed E-state index contributed by atoms with van der Waals surface area (Å²) < 4.78 is 0. The zero-order chi connectivity index (χ0) is 10.0. The van der Waals surface area contributed by atoms with Gasteiger partial charge < -0.3 is 5.11 Å². The molecule has 0 bridgehead atoms. The average molecular weight is 178 g/mol. The lowest BCUT2D eigenvalue weighted by Gasteiger charge is -2.12. The molecule has 0 saturated carbocycles. The van der Waals surface area contributed by atoms with Gasteiger partial charge in [0.15, 0.2) is 0 Å². The molecule has 1 rings (SSSR count). The smallest absolute Gasteiger partial charge is 0.0684 e. The van der Waals surface area contributed by atoms with Crippen molar-refractivity contribution in [3.63, 3.8) is 0 Å². The van der Waals surface area contributed by atoms with Crippen molar-refractivity contribution in [2.75, 3.05) is 0 Å². The van der Waals surface area contributed by atoms with Crippen LogP contribution in [-0.2, 0) is 6.61 Å². The molecule has 0 unspecified atom stereocenters. The summed E-state index contributed by atoms with van der Waals surface area (Å²) in [7, 11) is 0. The number of hydrogen-bond donors (Lipinski definition) is 1.